The van der Waals surface area contributed by atoms with E-state index in [0.717, 1.165) is 13.0 Å². The largest absolute Gasteiger partial charge is 0.369 e. The second kappa shape index (κ2) is 5.45. The molecule has 1 aliphatic carbocycles. The maximum absolute atomic E-state index is 5.05. The number of hydrogen-bond acceptors (Lipinski definition) is 2. The molecular formula is C19H25N3. The molecule has 2 aliphatic rings. The van der Waals surface area contributed by atoms with E-state index in [-0.39, 0.29) is 0 Å². The van der Waals surface area contributed by atoms with Crippen LogP contribution in [0.15, 0.2) is 18.2 Å². The molecular weight excluding hydrogens is 270 g/mol. The highest BCUT2D eigenvalue weighted by Gasteiger charge is 2.28. The van der Waals surface area contributed by atoms with Gasteiger partial charge in [0.15, 0.2) is 0 Å². The standard InChI is InChI=1S/C19H25N3/c1-13-8-9-16(12-14(13)2)22-19-17(10-11-20-19)18(21-22)15-6-4-3-5-7-15/h8-9,12,15,20H,3-7,10-11H2,1-2H3. The molecule has 0 unspecified atom stereocenters. The van der Waals surface area contributed by atoms with Crippen LogP contribution in [0.4, 0.5) is 5.82 Å². The molecule has 1 saturated carbocycles. The summed E-state index contributed by atoms with van der Waals surface area (Å²) in [7, 11) is 0. The minimum absolute atomic E-state index is 0.676. The number of fused-ring (bicyclic) bond motifs is 1. The molecule has 1 aromatic heterocycles. The van der Waals surface area contributed by atoms with E-state index in [1.165, 1.54) is 66.0 Å². The first-order valence-electron chi connectivity index (χ1n) is 8.67. The molecule has 0 bridgehead atoms. The fourth-order valence-electron chi connectivity index (χ4n) is 3.95. The van der Waals surface area contributed by atoms with Crippen molar-refractivity contribution in [3.63, 3.8) is 0 Å². The minimum atomic E-state index is 0.676. The average Bonchev–Trinajstić information content (AvgIpc) is 3.13. The predicted octanol–water partition coefficient (Wildman–Crippen LogP) is 4.50. The molecule has 116 valence electrons. The number of hydrogen-bond donors (Lipinski definition) is 1. The molecule has 3 heteroatoms. The normalized spacial score (nSPS) is 18.3. The zero-order valence-electron chi connectivity index (χ0n) is 13.7. The van der Waals surface area contributed by atoms with Crippen LogP contribution < -0.4 is 5.32 Å². The van der Waals surface area contributed by atoms with Gasteiger partial charge in [0.1, 0.15) is 5.82 Å². The SMILES string of the molecule is Cc1ccc(-n2nc(C3CCCCC3)c3c2NCC3)cc1C. The van der Waals surface area contributed by atoms with Crippen LogP contribution in [-0.4, -0.2) is 16.3 Å². The number of benzene rings is 1. The zero-order chi connectivity index (χ0) is 15.1. The molecule has 0 amide bonds. The summed E-state index contributed by atoms with van der Waals surface area (Å²) in [6.45, 7) is 5.40. The van der Waals surface area contributed by atoms with Gasteiger partial charge in [0.05, 0.1) is 11.4 Å². The Morgan fingerprint density at radius 1 is 1.09 bits per heavy atom. The number of anilines is 1. The van der Waals surface area contributed by atoms with Crippen LogP contribution in [0, 0.1) is 13.8 Å². The molecule has 0 atom stereocenters. The van der Waals surface area contributed by atoms with Gasteiger partial charge in [-0.2, -0.15) is 5.10 Å². The molecule has 1 aliphatic heterocycles. The van der Waals surface area contributed by atoms with Crippen molar-refractivity contribution < 1.29 is 0 Å². The van der Waals surface area contributed by atoms with Crippen molar-refractivity contribution in [3.8, 4) is 5.69 Å². The lowest BCUT2D eigenvalue weighted by atomic mass is 9.85. The zero-order valence-corrected chi connectivity index (χ0v) is 13.7. The van der Waals surface area contributed by atoms with E-state index >= 15 is 0 Å². The maximum atomic E-state index is 5.05. The number of rotatable bonds is 2. The molecule has 2 heterocycles. The third-order valence-electron chi connectivity index (χ3n) is 5.41. The summed E-state index contributed by atoms with van der Waals surface area (Å²) in [4.78, 5) is 0. The van der Waals surface area contributed by atoms with Crippen LogP contribution in [0.5, 0.6) is 0 Å². The molecule has 3 nitrogen and oxygen atoms in total. The van der Waals surface area contributed by atoms with Gasteiger partial charge in [-0.15, -0.1) is 0 Å². The predicted molar refractivity (Wildman–Crippen MR) is 91.1 cm³/mol. The molecule has 0 radical (unpaired) electrons. The minimum Gasteiger partial charge on any atom is -0.369 e. The van der Waals surface area contributed by atoms with E-state index in [1.54, 1.807) is 0 Å². The molecule has 1 fully saturated rings. The summed E-state index contributed by atoms with van der Waals surface area (Å²) in [6, 6.07) is 6.65. The second-order valence-corrected chi connectivity index (χ2v) is 6.90. The van der Waals surface area contributed by atoms with Crippen LogP contribution in [0.3, 0.4) is 0 Å². The van der Waals surface area contributed by atoms with Crippen molar-refractivity contribution >= 4 is 5.82 Å². The molecule has 0 spiro atoms. The highest BCUT2D eigenvalue weighted by atomic mass is 15.3. The monoisotopic (exact) mass is 295 g/mol. The Bertz CT molecular complexity index is 693. The molecule has 4 rings (SSSR count). The van der Waals surface area contributed by atoms with Crippen LogP contribution in [0.1, 0.15) is 60.4 Å². The summed E-state index contributed by atoms with van der Waals surface area (Å²) in [5, 5.41) is 8.61. The Labute approximate surface area is 132 Å². The van der Waals surface area contributed by atoms with E-state index < -0.39 is 0 Å². The van der Waals surface area contributed by atoms with Crippen LogP contribution in [0.2, 0.25) is 0 Å². The fraction of sp³-hybridized carbons (Fsp3) is 0.526. The molecule has 1 aromatic carbocycles. The van der Waals surface area contributed by atoms with Gasteiger partial charge >= 0.3 is 0 Å². The first-order valence-corrected chi connectivity index (χ1v) is 8.67. The maximum Gasteiger partial charge on any atom is 0.133 e. The lowest BCUT2D eigenvalue weighted by molar-refractivity contribution is 0.433. The number of nitrogens with zero attached hydrogens (tertiary/aromatic N) is 2. The third-order valence-corrected chi connectivity index (χ3v) is 5.41. The van der Waals surface area contributed by atoms with E-state index in [1.807, 2.05) is 0 Å². The van der Waals surface area contributed by atoms with Crippen molar-refractivity contribution in [2.75, 3.05) is 11.9 Å². The summed E-state index contributed by atoms with van der Waals surface area (Å²) in [5.41, 5.74) is 6.71. The van der Waals surface area contributed by atoms with Crippen LogP contribution in [0.25, 0.3) is 5.69 Å². The molecule has 22 heavy (non-hydrogen) atoms. The van der Waals surface area contributed by atoms with Gasteiger partial charge < -0.3 is 5.32 Å². The highest BCUT2D eigenvalue weighted by Crippen LogP contribution is 2.39. The lowest BCUT2D eigenvalue weighted by Gasteiger charge is -2.20. The smallest absolute Gasteiger partial charge is 0.133 e. The Morgan fingerprint density at radius 3 is 2.68 bits per heavy atom. The van der Waals surface area contributed by atoms with E-state index in [9.17, 15) is 0 Å². The Balaban J connectivity index is 1.78. The lowest BCUT2D eigenvalue weighted by Crippen LogP contribution is -2.09. The van der Waals surface area contributed by atoms with Crippen LogP contribution in [-0.2, 0) is 6.42 Å². The van der Waals surface area contributed by atoms with Gasteiger partial charge in [-0.05, 0) is 56.4 Å². The Hall–Kier alpha value is -1.77. The Morgan fingerprint density at radius 2 is 1.91 bits per heavy atom. The van der Waals surface area contributed by atoms with Gasteiger partial charge in [0, 0.05) is 18.0 Å². The van der Waals surface area contributed by atoms with Gasteiger partial charge in [-0.25, -0.2) is 4.68 Å². The second-order valence-electron chi connectivity index (χ2n) is 6.90. The van der Waals surface area contributed by atoms with Gasteiger partial charge in [0.25, 0.3) is 0 Å². The molecule has 0 saturated heterocycles. The van der Waals surface area contributed by atoms with Crippen molar-refractivity contribution in [3.05, 3.63) is 40.6 Å². The van der Waals surface area contributed by atoms with Crippen LogP contribution >= 0.6 is 0 Å². The van der Waals surface area contributed by atoms with Crippen molar-refractivity contribution in [2.24, 2.45) is 0 Å². The van der Waals surface area contributed by atoms with E-state index in [0.29, 0.717) is 5.92 Å². The first-order chi connectivity index (χ1) is 10.7. The van der Waals surface area contributed by atoms with Gasteiger partial charge in [-0.1, -0.05) is 25.3 Å². The number of aromatic nitrogens is 2. The van der Waals surface area contributed by atoms with Crippen molar-refractivity contribution in [1.29, 1.82) is 0 Å². The summed E-state index contributed by atoms with van der Waals surface area (Å²) < 4.78 is 2.15. The average molecular weight is 295 g/mol. The Kier molecular flexibility index (Phi) is 3.44. The highest BCUT2D eigenvalue weighted by molar-refractivity contribution is 5.58. The topological polar surface area (TPSA) is 29.9 Å². The van der Waals surface area contributed by atoms with E-state index in [2.05, 4.69) is 42.0 Å². The molecule has 2 aromatic rings. The summed E-state index contributed by atoms with van der Waals surface area (Å²) >= 11 is 0. The van der Waals surface area contributed by atoms with Gasteiger partial charge in [0.2, 0.25) is 0 Å². The third kappa shape index (κ3) is 2.23. The van der Waals surface area contributed by atoms with Crippen molar-refractivity contribution in [1.82, 2.24) is 9.78 Å². The van der Waals surface area contributed by atoms with E-state index in [4.69, 9.17) is 5.10 Å². The van der Waals surface area contributed by atoms with Gasteiger partial charge in [-0.3, -0.25) is 0 Å². The van der Waals surface area contributed by atoms with Crippen molar-refractivity contribution in [2.45, 2.75) is 58.3 Å². The molecule has 1 N–H and O–H groups in total. The fourth-order valence-corrected chi connectivity index (χ4v) is 3.95. The number of aryl methyl sites for hydroxylation is 2. The summed E-state index contributed by atoms with van der Waals surface area (Å²) in [6.07, 6.45) is 7.89. The first kappa shape index (κ1) is 13.9. The number of nitrogens with one attached hydrogen (secondary N) is 1. The summed E-state index contributed by atoms with van der Waals surface area (Å²) in [5.74, 6) is 1.92. The quantitative estimate of drug-likeness (QED) is 0.883.